The van der Waals surface area contributed by atoms with Crippen molar-refractivity contribution in [2.75, 3.05) is 41.5 Å². The molecule has 8 nitrogen and oxygen atoms in total. The number of methoxy groups -OCH3 is 3. The molecule has 27 heavy (non-hydrogen) atoms. The second kappa shape index (κ2) is 9.89. The number of rotatable bonds is 7. The van der Waals surface area contributed by atoms with Crippen LogP contribution in [-0.2, 0) is 11.3 Å². The highest BCUT2D eigenvalue weighted by atomic mass is 16.5. The Balaban J connectivity index is 2.00. The van der Waals surface area contributed by atoms with E-state index in [0.29, 0.717) is 42.7 Å². The maximum absolute atomic E-state index is 11.8. The highest BCUT2D eigenvalue weighted by molar-refractivity contribution is 5.80. The average Bonchev–Trinajstić information content (AvgIpc) is 3.17. The predicted octanol–water partition coefficient (Wildman–Crippen LogP) is 1.39. The first-order valence-electron chi connectivity index (χ1n) is 9.10. The average molecular weight is 378 g/mol. The van der Waals surface area contributed by atoms with Gasteiger partial charge in [0.2, 0.25) is 11.7 Å². The summed E-state index contributed by atoms with van der Waals surface area (Å²) in [4.78, 5) is 18.0. The second-order valence-corrected chi connectivity index (χ2v) is 6.24. The fourth-order valence-corrected chi connectivity index (χ4v) is 3.20. The molecular formula is C19H30N4O4. The van der Waals surface area contributed by atoms with Gasteiger partial charge in [-0.05, 0) is 18.6 Å². The van der Waals surface area contributed by atoms with E-state index in [0.717, 1.165) is 18.5 Å². The number of benzene rings is 1. The largest absolute Gasteiger partial charge is 0.493 e. The number of ether oxygens (including phenoxy) is 3. The van der Waals surface area contributed by atoms with Crippen molar-refractivity contribution in [3.05, 3.63) is 17.7 Å². The Morgan fingerprint density at radius 2 is 1.96 bits per heavy atom. The van der Waals surface area contributed by atoms with Gasteiger partial charge in [-0.2, -0.15) is 0 Å². The zero-order valence-corrected chi connectivity index (χ0v) is 16.8. The van der Waals surface area contributed by atoms with Crippen LogP contribution in [0.1, 0.15) is 25.3 Å². The maximum Gasteiger partial charge on any atom is 0.222 e. The first-order valence-corrected chi connectivity index (χ1v) is 9.10. The summed E-state index contributed by atoms with van der Waals surface area (Å²) in [6.07, 6.45) is 1.45. The highest BCUT2D eigenvalue weighted by Gasteiger charge is 2.26. The lowest BCUT2D eigenvalue weighted by Crippen LogP contribution is -2.44. The minimum absolute atomic E-state index is 0.192. The third-order valence-electron chi connectivity index (χ3n) is 4.64. The number of amides is 1. The van der Waals surface area contributed by atoms with Gasteiger partial charge in [0.15, 0.2) is 17.5 Å². The number of aliphatic imine (C=N–C) groups is 1. The van der Waals surface area contributed by atoms with E-state index in [1.54, 1.807) is 28.4 Å². The second-order valence-electron chi connectivity index (χ2n) is 6.24. The van der Waals surface area contributed by atoms with E-state index in [1.165, 1.54) is 0 Å². The number of carbonyl (C=O) groups excluding carboxylic acids is 1. The molecule has 1 aliphatic rings. The summed E-state index contributed by atoms with van der Waals surface area (Å²) in [6, 6.07) is 3.97. The van der Waals surface area contributed by atoms with Crippen molar-refractivity contribution in [2.45, 2.75) is 32.4 Å². The van der Waals surface area contributed by atoms with Crippen molar-refractivity contribution >= 4 is 11.9 Å². The molecule has 0 aromatic heterocycles. The molecule has 1 aromatic rings. The molecular weight excluding hydrogens is 348 g/mol. The summed E-state index contributed by atoms with van der Waals surface area (Å²) in [7, 11) is 6.51. The van der Waals surface area contributed by atoms with Gasteiger partial charge in [-0.1, -0.05) is 6.92 Å². The minimum Gasteiger partial charge on any atom is -0.493 e. The maximum atomic E-state index is 11.8. The summed E-state index contributed by atoms with van der Waals surface area (Å²) in [5, 5.41) is 6.67. The highest BCUT2D eigenvalue weighted by Crippen LogP contribution is 2.39. The van der Waals surface area contributed by atoms with Crippen molar-refractivity contribution < 1.29 is 19.0 Å². The molecule has 1 amide bonds. The minimum atomic E-state index is 0.192. The van der Waals surface area contributed by atoms with Gasteiger partial charge in [-0.3, -0.25) is 9.79 Å². The molecule has 2 N–H and O–H groups in total. The first-order chi connectivity index (χ1) is 13.1. The predicted molar refractivity (Wildman–Crippen MR) is 105 cm³/mol. The fraction of sp³-hybridized carbons (Fsp3) is 0.579. The summed E-state index contributed by atoms with van der Waals surface area (Å²) in [5.74, 6) is 2.68. The van der Waals surface area contributed by atoms with E-state index in [1.807, 2.05) is 24.0 Å². The number of carbonyl (C=O) groups is 1. The van der Waals surface area contributed by atoms with Crippen LogP contribution in [0.4, 0.5) is 0 Å². The Bertz CT molecular complexity index is 678. The van der Waals surface area contributed by atoms with Gasteiger partial charge < -0.3 is 29.7 Å². The number of hydrogen-bond donors (Lipinski definition) is 2. The fourth-order valence-electron chi connectivity index (χ4n) is 3.20. The molecule has 1 aromatic carbocycles. The zero-order valence-electron chi connectivity index (χ0n) is 16.8. The third-order valence-corrected chi connectivity index (χ3v) is 4.64. The van der Waals surface area contributed by atoms with Gasteiger partial charge in [-0.15, -0.1) is 0 Å². The molecule has 1 atom stereocenters. The zero-order chi connectivity index (χ0) is 19.8. The van der Waals surface area contributed by atoms with Crippen LogP contribution in [0.5, 0.6) is 17.2 Å². The summed E-state index contributed by atoms with van der Waals surface area (Å²) >= 11 is 0. The first kappa shape index (κ1) is 20.7. The topological polar surface area (TPSA) is 84.4 Å². The lowest BCUT2D eigenvalue weighted by Gasteiger charge is -2.20. The van der Waals surface area contributed by atoms with Crippen molar-refractivity contribution in [3.63, 3.8) is 0 Å². The Hall–Kier alpha value is -2.64. The van der Waals surface area contributed by atoms with Crippen molar-refractivity contribution in [3.8, 4) is 17.2 Å². The molecule has 1 unspecified atom stereocenters. The molecule has 1 aliphatic heterocycles. The van der Waals surface area contributed by atoms with Crippen LogP contribution in [-0.4, -0.2) is 64.3 Å². The number of guanidine groups is 1. The monoisotopic (exact) mass is 378 g/mol. The molecule has 1 heterocycles. The van der Waals surface area contributed by atoms with E-state index in [2.05, 4.69) is 15.6 Å². The normalized spacial score (nSPS) is 16.9. The molecule has 0 aliphatic carbocycles. The molecule has 2 rings (SSSR count). The number of hydrogen-bond acceptors (Lipinski definition) is 5. The van der Waals surface area contributed by atoms with Crippen LogP contribution in [0.2, 0.25) is 0 Å². The van der Waals surface area contributed by atoms with Crippen LogP contribution in [0.25, 0.3) is 0 Å². The van der Waals surface area contributed by atoms with E-state index in [4.69, 9.17) is 14.2 Å². The smallest absolute Gasteiger partial charge is 0.222 e. The molecule has 0 spiro atoms. The van der Waals surface area contributed by atoms with Crippen LogP contribution >= 0.6 is 0 Å². The molecule has 0 radical (unpaired) electrons. The summed E-state index contributed by atoms with van der Waals surface area (Å²) in [5.41, 5.74) is 0.923. The summed E-state index contributed by atoms with van der Waals surface area (Å²) in [6.45, 7) is 3.88. The van der Waals surface area contributed by atoms with Crippen LogP contribution in [0.3, 0.4) is 0 Å². The van der Waals surface area contributed by atoms with E-state index >= 15 is 0 Å². The van der Waals surface area contributed by atoms with Crippen LogP contribution in [0.15, 0.2) is 17.1 Å². The van der Waals surface area contributed by atoms with Gasteiger partial charge in [-0.25, -0.2) is 0 Å². The van der Waals surface area contributed by atoms with Gasteiger partial charge in [0.1, 0.15) is 0 Å². The number of nitrogens with one attached hydrogen (secondary N) is 2. The van der Waals surface area contributed by atoms with Gasteiger partial charge in [0.25, 0.3) is 0 Å². The van der Waals surface area contributed by atoms with E-state index in [-0.39, 0.29) is 11.9 Å². The summed E-state index contributed by atoms with van der Waals surface area (Å²) < 4.78 is 16.3. The van der Waals surface area contributed by atoms with Crippen molar-refractivity contribution in [1.82, 2.24) is 15.5 Å². The lowest BCUT2D eigenvalue weighted by atomic mass is 10.1. The Labute approximate surface area is 160 Å². The Kier molecular flexibility index (Phi) is 7.57. The number of nitrogens with zero attached hydrogens (tertiary/aromatic N) is 2. The van der Waals surface area contributed by atoms with Crippen molar-refractivity contribution in [2.24, 2.45) is 4.99 Å². The molecule has 1 fully saturated rings. The lowest BCUT2D eigenvalue weighted by molar-refractivity contribution is -0.129. The van der Waals surface area contributed by atoms with Gasteiger partial charge in [0, 0.05) is 44.7 Å². The standard InChI is InChI=1S/C19H30N4O4/c1-6-16(24)23-10-9-14(12-23)22-19(20-2)21-11-13-7-8-15(25-3)18(27-5)17(13)26-4/h7-8,14H,6,9-12H2,1-5H3,(H2,20,21,22). The SMILES string of the molecule is CCC(=O)N1CCC(NC(=NC)NCc2ccc(OC)c(OC)c2OC)C1. The Morgan fingerprint density at radius 3 is 2.56 bits per heavy atom. The quantitative estimate of drug-likeness (QED) is 0.551. The van der Waals surface area contributed by atoms with Gasteiger partial charge in [0.05, 0.1) is 21.3 Å². The third kappa shape index (κ3) is 4.96. The Morgan fingerprint density at radius 1 is 1.22 bits per heavy atom. The van der Waals surface area contributed by atoms with E-state index in [9.17, 15) is 4.79 Å². The molecule has 150 valence electrons. The molecule has 0 bridgehead atoms. The number of likely N-dealkylation sites (tertiary alicyclic amines) is 1. The molecule has 0 saturated carbocycles. The van der Waals surface area contributed by atoms with Gasteiger partial charge >= 0.3 is 0 Å². The molecule has 1 saturated heterocycles. The van der Waals surface area contributed by atoms with Crippen LogP contribution < -0.4 is 24.8 Å². The van der Waals surface area contributed by atoms with E-state index < -0.39 is 0 Å². The van der Waals surface area contributed by atoms with Crippen molar-refractivity contribution in [1.29, 1.82) is 0 Å². The molecule has 8 heteroatoms. The van der Waals surface area contributed by atoms with Crippen LogP contribution in [0, 0.1) is 0 Å².